The number of hydrogen-bond donors (Lipinski definition) is 1. The normalized spacial score (nSPS) is 12.7. The second-order valence-corrected chi connectivity index (χ2v) is 4.89. The maximum Gasteiger partial charge on any atom is 0.137 e. The lowest BCUT2D eigenvalue weighted by molar-refractivity contribution is 0.597. The number of aromatic nitrogens is 2. The van der Waals surface area contributed by atoms with E-state index in [0.29, 0.717) is 10.0 Å². The van der Waals surface area contributed by atoms with Crippen molar-refractivity contribution in [2.45, 2.75) is 25.9 Å². The van der Waals surface area contributed by atoms with Gasteiger partial charge in [0, 0.05) is 18.9 Å². The van der Waals surface area contributed by atoms with Crippen LogP contribution in [0.4, 0.5) is 4.39 Å². The van der Waals surface area contributed by atoms with Crippen molar-refractivity contribution >= 4 is 15.9 Å². The Kier molecular flexibility index (Phi) is 4.14. The number of rotatable bonds is 4. The number of imidazole rings is 1. The van der Waals surface area contributed by atoms with Gasteiger partial charge in [0.05, 0.1) is 10.5 Å². The number of nitrogens with two attached hydrogens (primary N) is 1. The second kappa shape index (κ2) is 5.63. The maximum atomic E-state index is 13.5. The van der Waals surface area contributed by atoms with Gasteiger partial charge in [-0.15, -0.1) is 0 Å². The molecule has 18 heavy (non-hydrogen) atoms. The van der Waals surface area contributed by atoms with Crippen LogP contribution >= 0.6 is 15.9 Å². The third-order valence-corrected chi connectivity index (χ3v) is 3.64. The van der Waals surface area contributed by atoms with Gasteiger partial charge in [-0.05, 0) is 34.0 Å². The van der Waals surface area contributed by atoms with Crippen LogP contribution < -0.4 is 5.73 Å². The van der Waals surface area contributed by atoms with Gasteiger partial charge >= 0.3 is 0 Å². The number of aryl methyl sites for hydroxylation is 1. The van der Waals surface area contributed by atoms with E-state index >= 15 is 0 Å². The van der Waals surface area contributed by atoms with Crippen molar-refractivity contribution in [3.63, 3.8) is 0 Å². The lowest BCUT2D eigenvalue weighted by atomic mass is 10.1. The predicted octanol–water partition coefficient (Wildman–Crippen LogP) is 3.24. The minimum atomic E-state index is -0.434. The van der Waals surface area contributed by atoms with Gasteiger partial charge in [0.25, 0.3) is 0 Å². The molecule has 0 saturated heterocycles. The van der Waals surface area contributed by atoms with Crippen LogP contribution in [-0.2, 0) is 6.54 Å². The molecule has 1 aromatic heterocycles. The third kappa shape index (κ3) is 2.47. The Balaban J connectivity index is 2.38. The van der Waals surface area contributed by atoms with Crippen LogP contribution in [0.15, 0.2) is 35.1 Å². The lowest BCUT2D eigenvalue weighted by Gasteiger charge is -2.15. The molecule has 1 unspecified atom stereocenters. The minimum Gasteiger partial charge on any atom is -0.333 e. The van der Waals surface area contributed by atoms with Crippen LogP contribution in [0, 0.1) is 5.82 Å². The molecule has 1 aromatic carbocycles. The highest BCUT2D eigenvalue weighted by Crippen LogP contribution is 2.28. The van der Waals surface area contributed by atoms with Gasteiger partial charge in [-0.1, -0.05) is 19.1 Å². The van der Waals surface area contributed by atoms with Gasteiger partial charge in [0.1, 0.15) is 11.6 Å². The van der Waals surface area contributed by atoms with Crippen molar-refractivity contribution in [2.75, 3.05) is 0 Å². The monoisotopic (exact) mass is 311 g/mol. The molecule has 2 N–H and O–H groups in total. The van der Waals surface area contributed by atoms with Crippen molar-refractivity contribution in [3.05, 3.63) is 52.3 Å². The largest absolute Gasteiger partial charge is 0.333 e. The molecular weight excluding hydrogens is 297 g/mol. The van der Waals surface area contributed by atoms with E-state index in [1.54, 1.807) is 12.3 Å². The van der Waals surface area contributed by atoms with Gasteiger partial charge in [-0.3, -0.25) is 0 Å². The zero-order chi connectivity index (χ0) is 13.1. The molecule has 1 heterocycles. The van der Waals surface area contributed by atoms with E-state index in [4.69, 9.17) is 5.73 Å². The fourth-order valence-corrected chi connectivity index (χ4v) is 2.44. The summed E-state index contributed by atoms with van der Waals surface area (Å²) in [6.45, 7) is 2.95. The van der Waals surface area contributed by atoms with E-state index in [1.807, 2.05) is 16.8 Å². The van der Waals surface area contributed by atoms with E-state index in [0.717, 1.165) is 18.8 Å². The molecule has 0 bridgehead atoms. The van der Waals surface area contributed by atoms with Crippen LogP contribution in [-0.4, -0.2) is 9.55 Å². The lowest BCUT2D eigenvalue weighted by Crippen LogP contribution is -2.18. The summed E-state index contributed by atoms with van der Waals surface area (Å²) < 4.78 is 15.9. The van der Waals surface area contributed by atoms with Crippen LogP contribution in [0.1, 0.15) is 30.8 Å². The van der Waals surface area contributed by atoms with E-state index < -0.39 is 6.04 Å². The van der Waals surface area contributed by atoms with Gasteiger partial charge in [0.15, 0.2) is 0 Å². The maximum absolute atomic E-state index is 13.5. The molecule has 2 rings (SSSR count). The summed E-state index contributed by atoms with van der Waals surface area (Å²) in [7, 11) is 0. The third-order valence-electron chi connectivity index (χ3n) is 2.81. The van der Waals surface area contributed by atoms with Crippen LogP contribution in [0.25, 0.3) is 0 Å². The average molecular weight is 312 g/mol. The van der Waals surface area contributed by atoms with Crippen LogP contribution in [0.3, 0.4) is 0 Å². The van der Waals surface area contributed by atoms with Gasteiger partial charge in [-0.25, -0.2) is 9.37 Å². The summed E-state index contributed by atoms with van der Waals surface area (Å²) in [5, 5.41) is 0. The van der Waals surface area contributed by atoms with E-state index in [-0.39, 0.29) is 5.82 Å². The molecule has 0 fully saturated rings. The molecule has 0 saturated carbocycles. The zero-order valence-electron chi connectivity index (χ0n) is 10.1. The summed E-state index contributed by atoms with van der Waals surface area (Å²) in [6, 6.07) is 4.43. The summed E-state index contributed by atoms with van der Waals surface area (Å²) in [5.41, 5.74) is 6.89. The van der Waals surface area contributed by atoms with Crippen LogP contribution in [0.5, 0.6) is 0 Å². The average Bonchev–Trinajstić information content (AvgIpc) is 2.80. The Labute approximate surface area is 114 Å². The first-order valence-electron chi connectivity index (χ1n) is 5.85. The molecule has 5 heteroatoms. The van der Waals surface area contributed by atoms with Crippen LogP contribution in [0.2, 0.25) is 0 Å². The molecule has 0 aliphatic rings. The highest BCUT2D eigenvalue weighted by Gasteiger charge is 2.18. The number of halogens is 2. The van der Waals surface area contributed by atoms with Gasteiger partial charge in [0.2, 0.25) is 0 Å². The molecular formula is C13H15BrFN3. The molecule has 0 aliphatic heterocycles. The first-order chi connectivity index (χ1) is 8.65. The fourth-order valence-electron chi connectivity index (χ4n) is 1.93. The summed E-state index contributed by atoms with van der Waals surface area (Å²) in [5.74, 6) is 0.444. The topological polar surface area (TPSA) is 43.8 Å². The fraction of sp³-hybridized carbons (Fsp3) is 0.308. The van der Waals surface area contributed by atoms with Gasteiger partial charge in [-0.2, -0.15) is 0 Å². The van der Waals surface area contributed by atoms with E-state index in [2.05, 4.69) is 27.8 Å². The van der Waals surface area contributed by atoms with Crippen molar-refractivity contribution in [2.24, 2.45) is 5.73 Å². The minimum absolute atomic E-state index is 0.309. The molecule has 0 aliphatic carbocycles. The van der Waals surface area contributed by atoms with Gasteiger partial charge < -0.3 is 10.3 Å². The Bertz CT molecular complexity index is 539. The Morgan fingerprint density at radius 2 is 2.28 bits per heavy atom. The molecule has 3 nitrogen and oxygen atoms in total. The molecule has 0 amide bonds. The van der Waals surface area contributed by atoms with E-state index in [9.17, 15) is 4.39 Å². The first kappa shape index (κ1) is 13.2. The Hall–Kier alpha value is -1.20. The molecule has 96 valence electrons. The summed E-state index contributed by atoms with van der Waals surface area (Å²) >= 11 is 3.24. The quantitative estimate of drug-likeness (QED) is 0.942. The summed E-state index contributed by atoms with van der Waals surface area (Å²) in [6.07, 6.45) is 4.62. The predicted molar refractivity (Wildman–Crippen MR) is 72.6 cm³/mol. The first-order valence-corrected chi connectivity index (χ1v) is 6.65. The van der Waals surface area contributed by atoms with Crippen molar-refractivity contribution in [1.29, 1.82) is 0 Å². The molecule has 0 radical (unpaired) electrons. The smallest absolute Gasteiger partial charge is 0.137 e. The Morgan fingerprint density at radius 1 is 1.50 bits per heavy atom. The Morgan fingerprint density at radius 3 is 3.00 bits per heavy atom. The highest BCUT2D eigenvalue weighted by atomic mass is 79.9. The molecule has 0 spiro atoms. The SMILES string of the molecule is CCCn1ccnc1C(N)c1cccc(F)c1Br. The summed E-state index contributed by atoms with van der Waals surface area (Å²) in [4.78, 5) is 4.28. The second-order valence-electron chi connectivity index (χ2n) is 4.10. The number of hydrogen-bond acceptors (Lipinski definition) is 2. The van der Waals surface area contributed by atoms with Crippen molar-refractivity contribution < 1.29 is 4.39 Å². The highest BCUT2D eigenvalue weighted by molar-refractivity contribution is 9.10. The number of nitrogens with zero attached hydrogens (tertiary/aromatic N) is 2. The molecule has 2 aromatic rings. The van der Waals surface area contributed by atoms with E-state index in [1.165, 1.54) is 6.07 Å². The molecule has 1 atom stereocenters. The number of benzene rings is 1. The van der Waals surface area contributed by atoms with Crippen molar-refractivity contribution in [1.82, 2.24) is 9.55 Å². The van der Waals surface area contributed by atoms with Crippen molar-refractivity contribution in [3.8, 4) is 0 Å². The zero-order valence-corrected chi connectivity index (χ0v) is 11.7. The standard InChI is InChI=1S/C13H15BrFN3/c1-2-7-18-8-6-17-13(18)12(16)9-4-3-5-10(15)11(9)14/h3-6,8,12H,2,7,16H2,1H3.